The number of aromatic amines is 1. The third-order valence-electron chi connectivity index (χ3n) is 8.04. The van der Waals surface area contributed by atoms with Crippen LogP contribution in [0.25, 0.3) is 16.6 Å². The maximum absolute atomic E-state index is 11.8. The molecule has 1 aliphatic rings. The van der Waals surface area contributed by atoms with Gasteiger partial charge < -0.3 is 19.0 Å². The van der Waals surface area contributed by atoms with Crippen LogP contribution < -0.4 is 4.74 Å². The van der Waals surface area contributed by atoms with E-state index >= 15 is 0 Å². The molecule has 2 heterocycles. The predicted molar refractivity (Wildman–Crippen MR) is 174 cm³/mol. The van der Waals surface area contributed by atoms with Gasteiger partial charge in [0.25, 0.3) is 0 Å². The van der Waals surface area contributed by atoms with Crippen molar-refractivity contribution in [3.05, 3.63) is 77.7 Å². The van der Waals surface area contributed by atoms with E-state index in [1.807, 2.05) is 36.5 Å². The summed E-state index contributed by atoms with van der Waals surface area (Å²) in [6.45, 7) is 5.56. The molecule has 0 spiro atoms. The number of hydrogen-bond acceptors (Lipinski definition) is 8. The largest absolute Gasteiger partial charge is 0.493 e. The number of benzene rings is 2. The summed E-state index contributed by atoms with van der Waals surface area (Å²) < 4.78 is 8.39. The molecule has 45 heavy (non-hydrogen) atoms. The minimum atomic E-state index is -0.512. The fourth-order valence-corrected chi connectivity index (χ4v) is 5.74. The number of hydrogen-bond donors (Lipinski definition) is 1. The number of nitrogens with zero attached hydrogens (tertiary/aromatic N) is 4. The third-order valence-corrected chi connectivity index (χ3v) is 8.04. The van der Waals surface area contributed by atoms with E-state index in [2.05, 4.69) is 44.1 Å². The fourth-order valence-electron chi connectivity index (χ4n) is 5.74. The van der Waals surface area contributed by atoms with Crippen LogP contribution in [0, 0.1) is 5.92 Å². The summed E-state index contributed by atoms with van der Waals surface area (Å²) in [5.74, 6) is 0.443. The number of carbonyl (C=O) groups is 2. The van der Waals surface area contributed by atoms with Gasteiger partial charge in [0.05, 0.1) is 23.5 Å². The number of fused-ring (bicyclic) bond motifs is 1. The van der Waals surface area contributed by atoms with Crippen LogP contribution in [0.1, 0.15) is 95.4 Å². The highest BCUT2D eigenvalue weighted by Gasteiger charge is 2.19. The van der Waals surface area contributed by atoms with Crippen molar-refractivity contribution < 1.29 is 24.0 Å². The van der Waals surface area contributed by atoms with Crippen molar-refractivity contribution in [1.82, 2.24) is 14.8 Å². The lowest BCUT2D eigenvalue weighted by Crippen LogP contribution is -2.08. The summed E-state index contributed by atoms with van der Waals surface area (Å²) in [5, 5.41) is 16.3. The van der Waals surface area contributed by atoms with E-state index in [4.69, 9.17) is 14.4 Å². The smallest absolute Gasteiger partial charge is 0.332 e. The molecule has 4 aromatic rings. The van der Waals surface area contributed by atoms with Crippen molar-refractivity contribution in [1.29, 1.82) is 0 Å². The van der Waals surface area contributed by atoms with Gasteiger partial charge in [0.2, 0.25) is 0 Å². The molecule has 1 saturated carbocycles. The van der Waals surface area contributed by atoms with Crippen molar-refractivity contribution in [3.8, 4) is 11.4 Å². The Kier molecular flexibility index (Phi) is 10.8. The number of nitrogens with one attached hydrogen (secondary N) is 1. The molecule has 0 unspecified atom stereocenters. The molecule has 236 valence electrons. The molecular weight excluding hydrogens is 570 g/mol. The third kappa shape index (κ3) is 8.26. The zero-order valence-electron chi connectivity index (χ0n) is 26.3. The van der Waals surface area contributed by atoms with Gasteiger partial charge in [-0.3, -0.25) is 5.10 Å². The highest BCUT2D eigenvalue weighted by Crippen LogP contribution is 2.32. The van der Waals surface area contributed by atoms with Gasteiger partial charge in [0, 0.05) is 48.4 Å². The van der Waals surface area contributed by atoms with Crippen LogP contribution in [0.5, 0.6) is 5.75 Å². The molecular formula is C35H41N5O5. The number of ether oxygens (including phenoxy) is 1. The lowest BCUT2D eigenvalue weighted by atomic mass is 10.0. The molecule has 0 atom stereocenters. The molecule has 10 nitrogen and oxygen atoms in total. The van der Waals surface area contributed by atoms with Crippen molar-refractivity contribution in [2.75, 3.05) is 6.61 Å². The highest BCUT2D eigenvalue weighted by atomic mass is 16.7. The summed E-state index contributed by atoms with van der Waals surface area (Å²) in [7, 11) is 0. The van der Waals surface area contributed by atoms with Crippen LogP contribution in [0.15, 0.2) is 71.2 Å². The number of rotatable bonds is 14. The number of aromatic nitrogens is 3. The van der Waals surface area contributed by atoms with E-state index < -0.39 is 11.9 Å². The first-order chi connectivity index (χ1) is 21.9. The van der Waals surface area contributed by atoms with Gasteiger partial charge in [-0.2, -0.15) is 5.10 Å². The molecule has 0 radical (unpaired) electrons. The predicted octanol–water partition coefficient (Wildman–Crippen LogP) is 7.48. The van der Waals surface area contributed by atoms with Gasteiger partial charge in [0.15, 0.2) is 0 Å². The minimum absolute atomic E-state index is 0.454. The summed E-state index contributed by atoms with van der Waals surface area (Å²) in [5.41, 5.74) is 5.33. The van der Waals surface area contributed by atoms with Crippen LogP contribution in [0.4, 0.5) is 0 Å². The maximum atomic E-state index is 11.8. The number of unbranched alkanes of at least 4 members (excludes halogenated alkanes) is 3. The first-order valence-electron chi connectivity index (χ1n) is 15.8. The Labute approximate surface area is 263 Å². The first-order valence-corrected chi connectivity index (χ1v) is 15.8. The zero-order chi connectivity index (χ0) is 31.6. The van der Waals surface area contributed by atoms with Gasteiger partial charge in [-0.25, -0.2) is 9.59 Å². The van der Waals surface area contributed by atoms with E-state index in [0.717, 1.165) is 64.9 Å². The average molecular weight is 612 g/mol. The standard InChI is InChI=1S/C35H41N5O5/c1-4-5-6-7-12-32(38-44-24(2)41)31-22-40(34-18-17-29(21-30(31)34)43-23-26-10-8-9-11-26)28-15-13-27(14-16-28)35(39-45-25(3)42)33-19-20-36-37-33/h13-22,26H,4-12,23H2,1-3H3,(H,36,37)/b38-32+,39-35-. The van der Waals surface area contributed by atoms with Crippen LogP contribution in [-0.2, 0) is 19.3 Å². The molecule has 2 aromatic carbocycles. The topological polar surface area (TPSA) is 120 Å². The Morgan fingerprint density at radius 2 is 1.71 bits per heavy atom. The molecule has 0 aliphatic heterocycles. The van der Waals surface area contributed by atoms with Crippen molar-refractivity contribution in [2.45, 2.75) is 78.6 Å². The van der Waals surface area contributed by atoms with E-state index in [9.17, 15) is 9.59 Å². The Bertz CT molecular complexity index is 1650. The summed E-state index contributed by atoms with van der Waals surface area (Å²) in [6.07, 6.45) is 13.6. The molecule has 1 fully saturated rings. The second kappa shape index (κ2) is 15.3. The van der Waals surface area contributed by atoms with Crippen LogP contribution in [0.2, 0.25) is 0 Å². The number of oxime groups is 2. The molecule has 0 bridgehead atoms. The Hall–Kier alpha value is -4.73. The van der Waals surface area contributed by atoms with E-state index in [1.165, 1.54) is 39.5 Å². The number of H-pyrrole nitrogens is 1. The Morgan fingerprint density at radius 3 is 2.40 bits per heavy atom. The Morgan fingerprint density at radius 1 is 0.956 bits per heavy atom. The monoisotopic (exact) mass is 611 g/mol. The van der Waals surface area contributed by atoms with Crippen molar-refractivity contribution in [3.63, 3.8) is 0 Å². The van der Waals surface area contributed by atoms with E-state index in [-0.39, 0.29) is 0 Å². The van der Waals surface area contributed by atoms with Crippen LogP contribution in [-0.4, -0.2) is 44.7 Å². The zero-order valence-corrected chi connectivity index (χ0v) is 26.3. The van der Waals surface area contributed by atoms with Crippen molar-refractivity contribution in [2.24, 2.45) is 16.2 Å². The molecule has 10 heteroatoms. The molecule has 0 amide bonds. The second-order valence-electron chi connectivity index (χ2n) is 11.5. The highest BCUT2D eigenvalue weighted by molar-refractivity contribution is 6.12. The summed E-state index contributed by atoms with van der Waals surface area (Å²) in [6, 6.07) is 15.7. The molecule has 5 rings (SSSR count). The molecule has 2 aromatic heterocycles. The Balaban J connectivity index is 1.53. The van der Waals surface area contributed by atoms with E-state index in [1.54, 1.807) is 12.3 Å². The van der Waals surface area contributed by atoms with Crippen LogP contribution in [0.3, 0.4) is 0 Å². The van der Waals surface area contributed by atoms with Crippen LogP contribution >= 0.6 is 0 Å². The normalized spacial score (nSPS) is 14.2. The SMILES string of the molecule is CCCCCC/C(=N\OC(C)=O)c1cn(-c2ccc(/C(=N/OC(C)=O)c3ccn[nH]3)cc2)c2ccc(OCC3CCCC3)cc12. The van der Waals surface area contributed by atoms with Gasteiger partial charge >= 0.3 is 11.9 Å². The average Bonchev–Trinajstić information content (AvgIpc) is 3.82. The maximum Gasteiger partial charge on any atom is 0.332 e. The molecule has 0 saturated heterocycles. The lowest BCUT2D eigenvalue weighted by Gasteiger charge is -2.12. The fraction of sp³-hybridized carbons (Fsp3) is 0.400. The van der Waals surface area contributed by atoms with Gasteiger partial charge in [0.1, 0.15) is 11.5 Å². The summed E-state index contributed by atoms with van der Waals surface area (Å²) >= 11 is 0. The lowest BCUT2D eigenvalue weighted by molar-refractivity contribution is -0.141. The molecule has 1 aliphatic carbocycles. The van der Waals surface area contributed by atoms with E-state index in [0.29, 0.717) is 30.4 Å². The first kappa shape index (κ1) is 31.7. The second-order valence-corrected chi connectivity index (χ2v) is 11.5. The number of carbonyl (C=O) groups excluding carboxylic acids is 2. The molecule has 1 N–H and O–H groups in total. The quantitative estimate of drug-likeness (QED) is 0.0683. The van der Waals surface area contributed by atoms with Gasteiger partial charge in [-0.05, 0) is 68.0 Å². The summed E-state index contributed by atoms with van der Waals surface area (Å²) in [4.78, 5) is 33.4. The van der Waals surface area contributed by atoms with Gasteiger partial charge in [-0.15, -0.1) is 0 Å². The van der Waals surface area contributed by atoms with Crippen molar-refractivity contribution >= 4 is 34.3 Å². The minimum Gasteiger partial charge on any atom is -0.493 e. The van der Waals surface area contributed by atoms with Gasteiger partial charge in [-0.1, -0.05) is 61.5 Å².